The van der Waals surface area contributed by atoms with E-state index in [1.165, 1.54) is 0 Å². The molecule has 0 aliphatic heterocycles. The van der Waals surface area contributed by atoms with Gasteiger partial charge in [-0.25, -0.2) is 4.39 Å². The van der Waals surface area contributed by atoms with Gasteiger partial charge in [-0.15, -0.1) is 0 Å². The molecular weight excluding hydrogens is 275 g/mol. The van der Waals surface area contributed by atoms with Crippen molar-refractivity contribution in [3.8, 4) is 0 Å². The second kappa shape index (κ2) is 7.55. The number of benzene rings is 2. The van der Waals surface area contributed by atoms with Crippen molar-refractivity contribution >= 4 is 0 Å². The lowest BCUT2D eigenvalue weighted by molar-refractivity contribution is 0.00728. The van der Waals surface area contributed by atoms with Gasteiger partial charge in [0.25, 0.3) is 0 Å². The van der Waals surface area contributed by atoms with E-state index in [4.69, 9.17) is 4.74 Å². The zero-order valence-corrected chi connectivity index (χ0v) is 13.8. The number of hydrogen-bond donors (Lipinski definition) is 0. The first kappa shape index (κ1) is 16.7. The summed E-state index contributed by atoms with van der Waals surface area (Å²) in [5.41, 5.74) is 2.90. The van der Waals surface area contributed by atoms with Gasteiger partial charge in [-0.05, 0) is 42.5 Å². The van der Waals surface area contributed by atoms with Crippen LogP contribution in [0.2, 0.25) is 0 Å². The first-order valence-electron chi connectivity index (χ1n) is 7.96. The van der Waals surface area contributed by atoms with Crippen LogP contribution in [0.4, 0.5) is 4.39 Å². The Morgan fingerprint density at radius 2 is 1.59 bits per heavy atom. The molecule has 0 amide bonds. The zero-order valence-electron chi connectivity index (χ0n) is 13.8. The van der Waals surface area contributed by atoms with Gasteiger partial charge in [0.1, 0.15) is 5.82 Å². The van der Waals surface area contributed by atoms with Crippen LogP contribution >= 0.6 is 0 Å². The Morgan fingerprint density at radius 3 is 2.18 bits per heavy atom. The summed E-state index contributed by atoms with van der Waals surface area (Å²) in [7, 11) is 0. The molecule has 2 atom stereocenters. The minimum absolute atomic E-state index is 0.00852. The first-order chi connectivity index (χ1) is 10.5. The summed E-state index contributed by atoms with van der Waals surface area (Å²) in [6.07, 6.45) is 0.560. The third-order valence-corrected chi connectivity index (χ3v) is 3.96. The molecule has 2 unspecified atom stereocenters. The summed E-state index contributed by atoms with van der Waals surface area (Å²) in [4.78, 5) is 0. The molecule has 2 aromatic rings. The third kappa shape index (κ3) is 4.41. The Balaban J connectivity index is 1.98. The van der Waals surface area contributed by atoms with Crippen LogP contribution in [0.15, 0.2) is 48.5 Å². The molecule has 0 heterocycles. The van der Waals surface area contributed by atoms with E-state index in [0.717, 1.165) is 16.7 Å². The highest BCUT2D eigenvalue weighted by Gasteiger charge is 2.14. The summed E-state index contributed by atoms with van der Waals surface area (Å²) in [6, 6.07) is 15.6. The molecule has 118 valence electrons. The van der Waals surface area contributed by atoms with E-state index in [1.807, 2.05) is 44.2 Å². The highest BCUT2D eigenvalue weighted by Crippen LogP contribution is 2.22. The van der Waals surface area contributed by atoms with E-state index in [2.05, 4.69) is 26.0 Å². The normalized spacial score (nSPS) is 14.1. The number of halogens is 1. The molecule has 0 saturated heterocycles. The van der Waals surface area contributed by atoms with E-state index in [9.17, 15) is 4.39 Å². The average Bonchev–Trinajstić information content (AvgIpc) is 2.50. The fourth-order valence-corrected chi connectivity index (χ4v) is 2.60. The second-order valence-electron chi connectivity index (χ2n) is 6.21. The molecular formula is C20H25FO. The zero-order chi connectivity index (χ0) is 16.1. The van der Waals surface area contributed by atoms with Crippen molar-refractivity contribution in [1.82, 2.24) is 0 Å². The van der Waals surface area contributed by atoms with Gasteiger partial charge in [-0.1, -0.05) is 56.3 Å². The first-order valence-corrected chi connectivity index (χ1v) is 7.96. The molecule has 0 fully saturated rings. The van der Waals surface area contributed by atoms with Crippen LogP contribution in [0.1, 0.15) is 56.4 Å². The lowest BCUT2D eigenvalue weighted by Gasteiger charge is -2.20. The van der Waals surface area contributed by atoms with Crippen molar-refractivity contribution in [2.75, 3.05) is 0 Å². The molecule has 22 heavy (non-hydrogen) atoms. The highest BCUT2D eigenvalue weighted by molar-refractivity contribution is 5.27. The van der Waals surface area contributed by atoms with Crippen molar-refractivity contribution in [2.45, 2.75) is 52.2 Å². The maximum Gasteiger partial charge on any atom is 0.126 e. The summed E-state index contributed by atoms with van der Waals surface area (Å²) in [5, 5.41) is 0. The van der Waals surface area contributed by atoms with Crippen LogP contribution in [0, 0.1) is 5.82 Å². The largest absolute Gasteiger partial charge is 0.371 e. The maximum atomic E-state index is 14.2. The molecule has 2 heteroatoms. The van der Waals surface area contributed by atoms with E-state index < -0.39 is 0 Å². The second-order valence-corrected chi connectivity index (χ2v) is 6.21. The summed E-state index contributed by atoms with van der Waals surface area (Å²) in [6.45, 7) is 8.17. The van der Waals surface area contributed by atoms with E-state index >= 15 is 0 Å². The van der Waals surface area contributed by atoms with E-state index in [-0.39, 0.29) is 18.0 Å². The smallest absolute Gasteiger partial charge is 0.126 e. The van der Waals surface area contributed by atoms with Crippen molar-refractivity contribution in [3.05, 3.63) is 71.0 Å². The van der Waals surface area contributed by atoms with Gasteiger partial charge in [0.05, 0.1) is 12.2 Å². The maximum absolute atomic E-state index is 14.2. The lowest BCUT2D eigenvalue weighted by Crippen LogP contribution is -2.15. The molecule has 0 bridgehead atoms. The number of hydrogen-bond acceptors (Lipinski definition) is 1. The van der Waals surface area contributed by atoms with Crippen LogP contribution in [0.25, 0.3) is 0 Å². The predicted molar refractivity (Wildman–Crippen MR) is 89.6 cm³/mol. The molecule has 0 aliphatic carbocycles. The molecule has 1 nitrogen and oxygen atoms in total. The van der Waals surface area contributed by atoms with Crippen molar-refractivity contribution in [2.24, 2.45) is 0 Å². The molecule has 2 aromatic carbocycles. The van der Waals surface area contributed by atoms with Gasteiger partial charge in [-0.3, -0.25) is 0 Å². The molecule has 0 N–H and O–H groups in total. The van der Waals surface area contributed by atoms with Crippen LogP contribution in [0.5, 0.6) is 0 Å². The van der Waals surface area contributed by atoms with E-state index in [1.54, 1.807) is 6.07 Å². The van der Waals surface area contributed by atoms with Gasteiger partial charge in [0.15, 0.2) is 0 Å². The highest BCUT2D eigenvalue weighted by atomic mass is 19.1. The van der Waals surface area contributed by atoms with Gasteiger partial charge in [0, 0.05) is 6.42 Å². The van der Waals surface area contributed by atoms with Crippen LogP contribution in [-0.2, 0) is 11.2 Å². The summed E-state index contributed by atoms with van der Waals surface area (Å²) < 4.78 is 20.2. The number of ether oxygens (including phenoxy) is 1. The summed E-state index contributed by atoms with van der Waals surface area (Å²) in [5.74, 6) is 0.212. The number of rotatable bonds is 6. The quantitative estimate of drug-likeness (QED) is 0.669. The van der Waals surface area contributed by atoms with Gasteiger partial charge in [0.2, 0.25) is 0 Å². The molecule has 0 aliphatic rings. The minimum atomic E-state index is -0.131. The van der Waals surface area contributed by atoms with Crippen LogP contribution in [-0.4, -0.2) is 6.10 Å². The Kier molecular flexibility index (Phi) is 5.73. The molecule has 0 radical (unpaired) electrons. The van der Waals surface area contributed by atoms with Gasteiger partial charge >= 0.3 is 0 Å². The molecule has 2 rings (SSSR count). The van der Waals surface area contributed by atoms with Crippen LogP contribution in [0.3, 0.4) is 0 Å². The topological polar surface area (TPSA) is 9.23 Å². The Labute approximate surface area is 133 Å². The fourth-order valence-electron chi connectivity index (χ4n) is 2.60. The minimum Gasteiger partial charge on any atom is -0.371 e. The Morgan fingerprint density at radius 1 is 0.909 bits per heavy atom. The third-order valence-electron chi connectivity index (χ3n) is 3.96. The SMILES string of the molecule is CC(Cc1ccc(C(C)C)cc1F)OC(C)c1ccccc1. The Hall–Kier alpha value is -1.67. The standard InChI is InChI=1S/C20H25FO/c1-14(2)18-10-11-19(20(21)13-18)12-15(3)22-16(4)17-8-6-5-7-9-17/h5-11,13-16H,12H2,1-4H3. The van der Waals surface area contributed by atoms with Gasteiger partial charge < -0.3 is 4.74 Å². The summed E-state index contributed by atoms with van der Waals surface area (Å²) >= 11 is 0. The van der Waals surface area contributed by atoms with E-state index in [0.29, 0.717) is 12.3 Å². The van der Waals surface area contributed by atoms with Crippen molar-refractivity contribution in [1.29, 1.82) is 0 Å². The average molecular weight is 300 g/mol. The van der Waals surface area contributed by atoms with Crippen molar-refractivity contribution < 1.29 is 9.13 Å². The van der Waals surface area contributed by atoms with Crippen molar-refractivity contribution in [3.63, 3.8) is 0 Å². The molecule has 0 saturated carbocycles. The fraction of sp³-hybridized carbons (Fsp3) is 0.400. The van der Waals surface area contributed by atoms with Gasteiger partial charge in [-0.2, -0.15) is 0 Å². The lowest BCUT2D eigenvalue weighted by atomic mass is 9.99. The predicted octanol–water partition coefficient (Wildman–Crippen LogP) is 5.66. The van der Waals surface area contributed by atoms with Crippen LogP contribution < -0.4 is 0 Å². The monoisotopic (exact) mass is 300 g/mol. The Bertz CT molecular complexity index is 592. The molecule has 0 aromatic heterocycles. The molecule has 0 spiro atoms.